The number of rotatable bonds is 4. The first-order valence-electron chi connectivity index (χ1n) is 6.76. The second-order valence-corrected chi connectivity index (χ2v) is 5.05. The van der Waals surface area contributed by atoms with Gasteiger partial charge < -0.3 is 18.9 Å². The van der Waals surface area contributed by atoms with Crippen molar-refractivity contribution in [1.29, 1.82) is 0 Å². The molecule has 2 aromatic heterocycles. The highest BCUT2D eigenvalue weighted by Crippen LogP contribution is 2.27. The van der Waals surface area contributed by atoms with E-state index in [9.17, 15) is 9.59 Å². The molecule has 7 nitrogen and oxygen atoms in total. The van der Waals surface area contributed by atoms with Gasteiger partial charge in [-0.15, -0.1) is 0 Å². The number of furan rings is 1. The zero-order chi connectivity index (χ0) is 17.1. The van der Waals surface area contributed by atoms with E-state index in [0.717, 1.165) is 6.39 Å². The monoisotopic (exact) mass is 346 g/mol. The van der Waals surface area contributed by atoms with Gasteiger partial charge >= 0.3 is 5.97 Å². The van der Waals surface area contributed by atoms with Crippen LogP contribution in [-0.4, -0.2) is 24.0 Å². The Morgan fingerprint density at radius 3 is 2.79 bits per heavy atom. The second-order valence-electron chi connectivity index (χ2n) is 4.65. The van der Waals surface area contributed by atoms with Gasteiger partial charge in [0.1, 0.15) is 0 Å². The summed E-state index contributed by atoms with van der Waals surface area (Å²) >= 11 is 6.06. The molecule has 0 aliphatic rings. The van der Waals surface area contributed by atoms with E-state index in [1.165, 1.54) is 31.6 Å². The van der Waals surface area contributed by atoms with Crippen LogP contribution in [0.5, 0.6) is 0 Å². The fourth-order valence-corrected chi connectivity index (χ4v) is 2.20. The normalized spacial score (nSPS) is 10.4. The molecule has 3 rings (SSSR count). The number of esters is 1. The Bertz CT molecular complexity index is 886. The lowest BCUT2D eigenvalue weighted by Gasteiger charge is -2.08. The minimum absolute atomic E-state index is 0.0319. The van der Waals surface area contributed by atoms with Crippen molar-refractivity contribution in [1.82, 2.24) is 4.98 Å². The van der Waals surface area contributed by atoms with Gasteiger partial charge in [0.2, 0.25) is 5.76 Å². The van der Waals surface area contributed by atoms with Crippen LogP contribution in [0.1, 0.15) is 20.8 Å². The molecule has 0 saturated carbocycles. The molecule has 1 amide bonds. The number of amides is 1. The van der Waals surface area contributed by atoms with Crippen molar-refractivity contribution in [3.8, 4) is 11.5 Å². The first-order chi connectivity index (χ1) is 11.6. The number of carbonyl (C=O) groups excluding carboxylic acids is 2. The molecule has 0 radical (unpaired) electrons. The Balaban J connectivity index is 1.89. The number of hydrogen-bond donors (Lipinski definition) is 1. The van der Waals surface area contributed by atoms with E-state index in [2.05, 4.69) is 15.0 Å². The van der Waals surface area contributed by atoms with Crippen molar-refractivity contribution in [2.75, 3.05) is 12.4 Å². The maximum Gasteiger partial charge on any atom is 0.337 e. The standard InChI is InChI=1S/C16H11ClN2O5/c1-22-16(21)9-4-5-10(17)11(7-9)19-15(20)13-14(24-8-18-13)12-3-2-6-23-12/h2-8H,1H3,(H,19,20). The Labute approximate surface area is 141 Å². The van der Waals surface area contributed by atoms with Crippen LogP contribution in [0.4, 0.5) is 5.69 Å². The maximum absolute atomic E-state index is 12.4. The number of carbonyl (C=O) groups is 2. The van der Waals surface area contributed by atoms with Crippen LogP contribution in [0.2, 0.25) is 5.02 Å². The minimum Gasteiger partial charge on any atom is -0.465 e. The van der Waals surface area contributed by atoms with Crippen LogP contribution in [0.15, 0.2) is 51.8 Å². The zero-order valence-corrected chi connectivity index (χ0v) is 13.2. The molecule has 8 heteroatoms. The molecule has 0 aliphatic carbocycles. The van der Waals surface area contributed by atoms with Crippen LogP contribution in [0.3, 0.4) is 0 Å². The van der Waals surface area contributed by atoms with Crippen LogP contribution >= 0.6 is 11.6 Å². The Morgan fingerprint density at radius 1 is 1.25 bits per heavy atom. The van der Waals surface area contributed by atoms with E-state index in [1.54, 1.807) is 12.1 Å². The third kappa shape index (κ3) is 3.02. The average molecular weight is 347 g/mol. The third-order valence-corrected chi connectivity index (χ3v) is 3.49. The van der Waals surface area contributed by atoms with Gasteiger partial charge in [0, 0.05) is 0 Å². The summed E-state index contributed by atoms with van der Waals surface area (Å²) in [5.74, 6) is -0.538. The highest BCUT2D eigenvalue weighted by atomic mass is 35.5. The number of methoxy groups -OCH3 is 1. The van der Waals surface area contributed by atoms with Gasteiger partial charge in [-0.2, -0.15) is 0 Å². The van der Waals surface area contributed by atoms with Crippen molar-refractivity contribution in [3.63, 3.8) is 0 Å². The van der Waals surface area contributed by atoms with Crippen LogP contribution in [0, 0.1) is 0 Å². The van der Waals surface area contributed by atoms with E-state index in [1.807, 2.05) is 0 Å². The van der Waals surface area contributed by atoms with E-state index in [4.69, 9.17) is 20.4 Å². The van der Waals surface area contributed by atoms with Crippen molar-refractivity contribution in [3.05, 3.63) is 59.3 Å². The molecular weight excluding hydrogens is 336 g/mol. The molecule has 2 heterocycles. The van der Waals surface area contributed by atoms with Crippen molar-refractivity contribution < 1.29 is 23.2 Å². The summed E-state index contributed by atoms with van der Waals surface area (Å²) in [5, 5.41) is 2.85. The van der Waals surface area contributed by atoms with Crippen molar-refractivity contribution in [2.45, 2.75) is 0 Å². The molecule has 0 aliphatic heterocycles. The molecule has 0 atom stereocenters. The predicted octanol–water partition coefficient (Wildman–Crippen LogP) is 3.63. The molecule has 0 unspecified atom stereocenters. The van der Waals surface area contributed by atoms with E-state index < -0.39 is 11.9 Å². The zero-order valence-electron chi connectivity index (χ0n) is 12.4. The second kappa shape index (κ2) is 6.59. The van der Waals surface area contributed by atoms with Gasteiger partial charge in [-0.05, 0) is 30.3 Å². The summed E-state index contributed by atoms with van der Waals surface area (Å²) < 4.78 is 15.1. The van der Waals surface area contributed by atoms with Gasteiger partial charge in [-0.1, -0.05) is 11.6 Å². The number of hydrogen-bond acceptors (Lipinski definition) is 6. The molecule has 1 aromatic carbocycles. The number of anilines is 1. The van der Waals surface area contributed by atoms with Gasteiger partial charge in [0.15, 0.2) is 17.8 Å². The smallest absolute Gasteiger partial charge is 0.337 e. The van der Waals surface area contributed by atoms with Crippen LogP contribution < -0.4 is 5.32 Å². The molecule has 1 N–H and O–H groups in total. The summed E-state index contributed by atoms with van der Waals surface area (Å²) in [7, 11) is 1.26. The van der Waals surface area contributed by atoms with Crippen molar-refractivity contribution >= 4 is 29.2 Å². The van der Waals surface area contributed by atoms with E-state index >= 15 is 0 Å². The first kappa shape index (κ1) is 15.8. The van der Waals surface area contributed by atoms with Crippen LogP contribution in [0.25, 0.3) is 11.5 Å². The number of benzene rings is 1. The molecule has 0 saturated heterocycles. The summed E-state index contributed by atoms with van der Waals surface area (Å²) in [6.07, 6.45) is 2.59. The summed E-state index contributed by atoms with van der Waals surface area (Å²) in [6.45, 7) is 0. The fraction of sp³-hybridized carbons (Fsp3) is 0.0625. The topological polar surface area (TPSA) is 94.6 Å². The number of oxazole rings is 1. The van der Waals surface area contributed by atoms with Gasteiger partial charge in [-0.25, -0.2) is 9.78 Å². The average Bonchev–Trinajstić information content (AvgIpc) is 3.26. The lowest BCUT2D eigenvalue weighted by molar-refractivity contribution is 0.0600. The summed E-state index contributed by atoms with van der Waals surface area (Å²) in [6, 6.07) is 7.70. The molecule has 122 valence electrons. The Hall–Kier alpha value is -3.06. The number of nitrogens with zero attached hydrogens (tertiary/aromatic N) is 1. The molecule has 0 fully saturated rings. The lowest BCUT2D eigenvalue weighted by Crippen LogP contribution is -2.14. The molecule has 3 aromatic rings. The van der Waals surface area contributed by atoms with Crippen LogP contribution in [-0.2, 0) is 4.74 Å². The summed E-state index contributed by atoms with van der Waals surface area (Å²) in [4.78, 5) is 27.9. The molecule has 0 bridgehead atoms. The van der Waals surface area contributed by atoms with Gasteiger partial charge in [0.05, 0.1) is 29.6 Å². The molecule has 24 heavy (non-hydrogen) atoms. The van der Waals surface area contributed by atoms with E-state index in [-0.39, 0.29) is 27.7 Å². The fourth-order valence-electron chi connectivity index (χ4n) is 2.04. The highest BCUT2D eigenvalue weighted by molar-refractivity contribution is 6.34. The number of nitrogens with one attached hydrogen (secondary N) is 1. The predicted molar refractivity (Wildman–Crippen MR) is 84.9 cm³/mol. The third-order valence-electron chi connectivity index (χ3n) is 3.16. The first-order valence-corrected chi connectivity index (χ1v) is 7.14. The maximum atomic E-state index is 12.4. The lowest BCUT2D eigenvalue weighted by atomic mass is 10.2. The number of halogens is 1. The largest absolute Gasteiger partial charge is 0.465 e. The quantitative estimate of drug-likeness (QED) is 0.725. The number of aromatic nitrogens is 1. The van der Waals surface area contributed by atoms with E-state index in [0.29, 0.717) is 5.76 Å². The van der Waals surface area contributed by atoms with Gasteiger partial charge in [-0.3, -0.25) is 4.79 Å². The Morgan fingerprint density at radius 2 is 2.08 bits per heavy atom. The van der Waals surface area contributed by atoms with Crippen molar-refractivity contribution in [2.24, 2.45) is 0 Å². The number of ether oxygens (including phenoxy) is 1. The Kier molecular flexibility index (Phi) is 4.35. The van der Waals surface area contributed by atoms with Gasteiger partial charge in [0.25, 0.3) is 5.91 Å². The molecular formula is C16H11ClN2O5. The SMILES string of the molecule is COC(=O)c1ccc(Cl)c(NC(=O)c2ncoc2-c2ccco2)c1. The molecule has 0 spiro atoms. The summed E-state index contributed by atoms with van der Waals surface area (Å²) in [5.41, 5.74) is 0.533. The highest BCUT2D eigenvalue weighted by Gasteiger charge is 2.21. The minimum atomic E-state index is -0.556.